The molecule has 1 rings (SSSR count). The number of hydrogen-bond acceptors (Lipinski definition) is 1. The normalized spacial score (nSPS) is 40.1. The molecule has 0 saturated heterocycles. The number of rotatable bonds is 1. The van der Waals surface area contributed by atoms with Crippen molar-refractivity contribution in [2.45, 2.75) is 24.7 Å². The van der Waals surface area contributed by atoms with Gasteiger partial charge in [0, 0.05) is 6.04 Å². The van der Waals surface area contributed by atoms with Crippen LogP contribution >= 0.6 is 0 Å². The molecule has 1 saturated carbocycles. The van der Waals surface area contributed by atoms with Crippen LogP contribution in [0.3, 0.4) is 0 Å². The molecule has 0 heterocycles. The first-order chi connectivity index (χ1) is 3.33. The van der Waals surface area contributed by atoms with Gasteiger partial charge in [0.2, 0.25) is 0 Å². The van der Waals surface area contributed by atoms with Crippen LogP contribution in [0.5, 0.6) is 0 Å². The summed E-state index contributed by atoms with van der Waals surface area (Å²) in [4.78, 5) is 0. The molecule has 7 heavy (non-hydrogen) atoms. The summed E-state index contributed by atoms with van der Waals surface area (Å²) in [6.45, 7) is 0. The smallest absolute Gasteiger partial charge is 0.0701 e. The van der Waals surface area contributed by atoms with Crippen LogP contribution in [0.2, 0.25) is 5.82 Å². The van der Waals surface area contributed by atoms with Crippen molar-refractivity contribution in [2.24, 2.45) is 0 Å². The fourth-order valence-corrected chi connectivity index (χ4v) is 0.898. The van der Waals surface area contributed by atoms with Crippen molar-refractivity contribution in [2.75, 3.05) is 7.05 Å². The van der Waals surface area contributed by atoms with Gasteiger partial charge in [0.25, 0.3) is 0 Å². The molecular formula is C5H10BN. The molecule has 38 valence electrons. The van der Waals surface area contributed by atoms with Gasteiger partial charge in [-0.3, -0.25) is 0 Å². The summed E-state index contributed by atoms with van der Waals surface area (Å²) in [6.07, 6.45) is 2.33. The predicted octanol–water partition coefficient (Wildman–Crippen LogP) is 0.325. The van der Waals surface area contributed by atoms with Crippen molar-refractivity contribution in [3.63, 3.8) is 0 Å². The SMILES string of the molecule is [B]C1CC(NC)C1. The molecule has 0 spiro atoms. The average molecular weight is 95.0 g/mol. The van der Waals surface area contributed by atoms with Crippen molar-refractivity contribution in [1.82, 2.24) is 5.32 Å². The topological polar surface area (TPSA) is 12.0 Å². The van der Waals surface area contributed by atoms with E-state index in [1.807, 2.05) is 7.05 Å². The third-order valence-corrected chi connectivity index (χ3v) is 1.58. The number of nitrogens with one attached hydrogen (secondary N) is 1. The first-order valence-corrected chi connectivity index (χ1v) is 2.76. The summed E-state index contributed by atoms with van der Waals surface area (Å²) in [5.41, 5.74) is 0. The Labute approximate surface area is 45.9 Å². The Hall–Kier alpha value is 0.0249. The van der Waals surface area contributed by atoms with Gasteiger partial charge in [-0.05, 0) is 19.9 Å². The third kappa shape index (κ3) is 0.971. The van der Waals surface area contributed by atoms with Gasteiger partial charge in [-0.2, -0.15) is 0 Å². The van der Waals surface area contributed by atoms with E-state index in [0.29, 0.717) is 5.82 Å². The zero-order valence-electron chi connectivity index (χ0n) is 4.65. The first kappa shape index (κ1) is 5.17. The summed E-state index contributed by atoms with van der Waals surface area (Å²) < 4.78 is 0. The highest BCUT2D eigenvalue weighted by molar-refractivity contribution is 6.12. The zero-order valence-corrected chi connectivity index (χ0v) is 4.65. The summed E-state index contributed by atoms with van der Waals surface area (Å²) in [5, 5.41) is 3.15. The van der Waals surface area contributed by atoms with Crippen LogP contribution in [0.15, 0.2) is 0 Å². The Morgan fingerprint density at radius 3 is 2.29 bits per heavy atom. The minimum atomic E-state index is 0.484. The van der Waals surface area contributed by atoms with Crippen LogP contribution in [0, 0.1) is 0 Å². The van der Waals surface area contributed by atoms with E-state index in [0.717, 1.165) is 18.9 Å². The second-order valence-corrected chi connectivity index (χ2v) is 2.22. The molecule has 2 heteroatoms. The molecule has 1 nitrogen and oxygen atoms in total. The van der Waals surface area contributed by atoms with Crippen molar-refractivity contribution < 1.29 is 0 Å². The lowest BCUT2D eigenvalue weighted by atomic mass is 9.68. The molecule has 0 amide bonds. The molecule has 0 bridgehead atoms. The van der Waals surface area contributed by atoms with E-state index < -0.39 is 0 Å². The van der Waals surface area contributed by atoms with Crippen LogP contribution in [0.1, 0.15) is 12.8 Å². The van der Waals surface area contributed by atoms with E-state index in [2.05, 4.69) is 5.32 Å². The Morgan fingerprint density at radius 1 is 1.57 bits per heavy atom. The molecule has 1 fully saturated rings. The molecule has 0 atom stereocenters. The second-order valence-electron chi connectivity index (χ2n) is 2.22. The second kappa shape index (κ2) is 1.87. The fourth-order valence-electron chi connectivity index (χ4n) is 0.898. The summed E-state index contributed by atoms with van der Waals surface area (Å²) >= 11 is 0. The van der Waals surface area contributed by atoms with Gasteiger partial charge in [0.15, 0.2) is 0 Å². The summed E-state index contributed by atoms with van der Waals surface area (Å²) in [7, 11) is 7.49. The quantitative estimate of drug-likeness (QED) is 0.462. The molecule has 1 aliphatic carbocycles. The minimum absolute atomic E-state index is 0.484. The van der Waals surface area contributed by atoms with Crippen molar-refractivity contribution in [3.05, 3.63) is 0 Å². The lowest BCUT2D eigenvalue weighted by molar-refractivity contribution is 0.362. The molecule has 0 aromatic heterocycles. The van der Waals surface area contributed by atoms with Crippen LogP contribution in [0.4, 0.5) is 0 Å². The van der Waals surface area contributed by atoms with Crippen LogP contribution in [0.25, 0.3) is 0 Å². The minimum Gasteiger partial charge on any atom is -0.317 e. The van der Waals surface area contributed by atoms with Crippen LogP contribution in [-0.2, 0) is 0 Å². The third-order valence-electron chi connectivity index (χ3n) is 1.58. The molecule has 0 aliphatic heterocycles. The summed E-state index contributed by atoms with van der Waals surface area (Å²) in [6, 6.07) is 0.718. The highest BCUT2D eigenvalue weighted by atomic mass is 14.9. The molecule has 0 unspecified atom stereocenters. The molecular weight excluding hydrogens is 84.9 g/mol. The van der Waals surface area contributed by atoms with Gasteiger partial charge in [-0.1, -0.05) is 5.82 Å². The average Bonchev–Trinajstić information content (AvgIpc) is 1.58. The lowest BCUT2D eigenvalue weighted by Crippen LogP contribution is -2.36. The maximum atomic E-state index is 5.50. The lowest BCUT2D eigenvalue weighted by Gasteiger charge is -2.32. The Balaban J connectivity index is 2.06. The predicted molar refractivity (Wildman–Crippen MR) is 31.6 cm³/mol. The monoisotopic (exact) mass is 95.1 g/mol. The van der Waals surface area contributed by atoms with Gasteiger partial charge in [0.05, 0.1) is 7.85 Å². The Morgan fingerprint density at radius 2 is 2.14 bits per heavy atom. The van der Waals surface area contributed by atoms with E-state index in [1.165, 1.54) is 0 Å². The molecule has 1 N–H and O–H groups in total. The standard InChI is InChI=1S/C5H10BN/c1-7-5-2-4(6)3-5/h4-5,7H,2-3H2,1H3. The molecule has 0 aromatic carbocycles. The summed E-state index contributed by atoms with van der Waals surface area (Å²) in [5.74, 6) is 0.484. The molecule has 1 aliphatic rings. The highest BCUT2D eigenvalue weighted by Crippen LogP contribution is 2.28. The first-order valence-electron chi connectivity index (χ1n) is 2.76. The van der Waals surface area contributed by atoms with E-state index in [1.54, 1.807) is 0 Å². The van der Waals surface area contributed by atoms with Gasteiger partial charge in [-0.25, -0.2) is 0 Å². The Kier molecular flexibility index (Phi) is 1.38. The van der Waals surface area contributed by atoms with E-state index in [4.69, 9.17) is 7.85 Å². The van der Waals surface area contributed by atoms with E-state index >= 15 is 0 Å². The number of hydrogen-bond donors (Lipinski definition) is 1. The van der Waals surface area contributed by atoms with Gasteiger partial charge in [-0.15, -0.1) is 0 Å². The van der Waals surface area contributed by atoms with E-state index in [9.17, 15) is 0 Å². The molecule has 2 radical (unpaired) electrons. The van der Waals surface area contributed by atoms with Crippen molar-refractivity contribution in [3.8, 4) is 0 Å². The van der Waals surface area contributed by atoms with E-state index in [-0.39, 0.29) is 0 Å². The fraction of sp³-hybridized carbons (Fsp3) is 1.00. The maximum absolute atomic E-state index is 5.50. The van der Waals surface area contributed by atoms with Gasteiger partial charge >= 0.3 is 0 Å². The van der Waals surface area contributed by atoms with Gasteiger partial charge in [0.1, 0.15) is 0 Å². The highest BCUT2D eigenvalue weighted by Gasteiger charge is 2.22. The van der Waals surface area contributed by atoms with Crippen molar-refractivity contribution in [1.29, 1.82) is 0 Å². The Bertz CT molecular complexity index is 59.1. The van der Waals surface area contributed by atoms with Crippen LogP contribution in [-0.4, -0.2) is 20.9 Å². The van der Waals surface area contributed by atoms with Crippen molar-refractivity contribution >= 4 is 7.85 Å². The largest absolute Gasteiger partial charge is 0.317 e. The van der Waals surface area contributed by atoms with Gasteiger partial charge < -0.3 is 5.32 Å². The zero-order chi connectivity index (χ0) is 5.28. The molecule has 0 aromatic rings. The maximum Gasteiger partial charge on any atom is 0.0701 e. The van der Waals surface area contributed by atoms with Crippen LogP contribution < -0.4 is 5.32 Å².